The van der Waals surface area contributed by atoms with Crippen molar-refractivity contribution in [1.82, 2.24) is 4.98 Å². The number of rotatable bonds is 6. The van der Waals surface area contributed by atoms with Crippen molar-refractivity contribution in [2.75, 3.05) is 18.0 Å². The van der Waals surface area contributed by atoms with Crippen LogP contribution >= 0.6 is 0 Å². The van der Waals surface area contributed by atoms with E-state index in [1.165, 1.54) is 11.1 Å². The van der Waals surface area contributed by atoms with Gasteiger partial charge in [-0.1, -0.05) is 13.8 Å². The van der Waals surface area contributed by atoms with E-state index in [0.29, 0.717) is 30.8 Å². The molecule has 0 unspecified atom stereocenters. The van der Waals surface area contributed by atoms with Gasteiger partial charge >= 0.3 is 6.18 Å². The molecule has 108 valence electrons. The first-order chi connectivity index (χ1) is 8.87. The zero-order chi connectivity index (χ0) is 14.5. The zero-order valence-corrected chi connectivity index (χ0v) is 11.1. The van der Waals surface area contributed by atoms with Crippen LogP contribution in [0.3, 0.4) is 0 Å². The molecule has 0 aromatic carbocycles. The van der Waals surface area contributed by atoms with Crippen LogP contribution < -0.4 is 4.90 Å². The van der Waals surface area contributed by atoms with E-state index in [2.05, 4.69) is 4.98 Å². The van der Waals surface area contributed by atoms with Gasteiger partial charge in [-0.3, -0.25) is 4.98 Å². The topological polar surface area (TPSA) is 36.4 Å². The Morgan fingerprint density at radius 1 is 1.32 bits per heavy atom. The maximum Gasteiger partial charge on any atom is 0.405 e. The fourth-order valence-electron chi connectivity index (χ4n) is 1.78. The van der Waals surface area contributed by atoms with Gasteiger partial charge < -0.3 is 10.0 Å². The zero-order valence-electron chi connectivity index (χ0n) is 11.1. The fraction of sp³-hybridized carbons (Fsp3) is 0.615. The van der Waals surface area contributed by atoms with E-state index >= 15 is 0 Å². The number of anilines is 1. The average Bonchev–Trinajstić information content (AvgIpc) is 2.36. The smallest absolute Gasteiger partial charge is 0.387 e. The Hall–Kier alpha value is -1.30. The maximum atomic E-state index is 12.5. The molecule has 0 radical (unpaired) electrons. The molecule has 0 spiro atoms. The third-order valence-electron chi connectivity index (χ3n) is 2.73. The lowest BCUT2D eigenvalue weighted by molar-refractivity contribution is -0.119. The van der Waals surface area contributed by atoms with Gasteiger partial charge in [-0.05, 0) is 25.0 Å². The van der Waals surface area contributed by atoms with Crippen LogP contribution in [0.25, 0.3) is 0 Å². The predicted molar refractivity (Wildman–Crippen MR) is 68.0 cm³/mol. The summed E-state index contributed by atoms with van der Waals surface area (Å²) >= 11 is 0. The standard InChI is InChI=1S/C13H19F3N2O/c1-3-7-18(9-13(14,15)16)10-5-6-11(17-8-10)12(19)4-2/h5-6,8,12,19H,3-4,7,9H2,1-2H3/t12-/m1/s1. The molecule has 0 saturated heterocycles. The summed E-state index contributed by atoms with van der Waals surface area (Å²) in [6, 6.07) is 3.14. The molecule has 0 saturated carbocycles. The molecule has 0 bridgehead atoms. The lowest BCUT2D eigenvalue weighted by atomic mass is 10.2. The highest BCUT2D eigenvalue weighted by Crippen LogP contribution is 2.23. The normalized spacial score (nSPS) is 13.4. The van der Waals surface area contributed by atoms with Crippen LogP contribution in [0.2, 0.25) is 0 Å². The largest absolute Gasteiger partial charge is 0.405 e. The highest BCUT2D eigenvalue weighted by atomic mass is 19.4. The molecule has 1 rings (SSSR count). The Bertz CT molecular complexity index is 378. The molecule has 1 atom stereocenters. The summed E-state index contributed by atoms with van der Waals surface area (Å²) in [7, 11) is 0. The van der Waals surface area contributed by atoms with Crippen LogP contribution in [0.4, 0.5) is 18.9 Å². The Morgan fingerprint density at radius 3 is 2.42 bits per heavy atom. The first-order valence-corrected chi connectivity index (χ1v) is 6.33. The Kier molecular flexibility index (Phi) is 5.60. The Balaban J connectivity index is 2.85. The molecule has 0 fully saturated rings. The van der Waals surface area contributed by atoms with E-state index in [9.17, 15) is 18.3 Å². The van der Waals surface area contributed by atoms with Gasteiger partial charge in [-0.15, -0.1) is 0 Å². The van der Waals surface area contributed by atoms with Gasteiger partial charge in [0.25, 0.3) is 0 Å². The summed E-state index contributed by atoms with van der Waals surface area (Å²) in [5.41, 5.74) is 0.904. The number of alkyl halides is 3. The molecule has 6 heteroatoms. The number of aromatic nitrogens is 1. The van der Waals surface area contributed by atoms with Gasteiger partial charge in [0, 0.05) is 6.54 Å². The van der Waals surface area contributed by atoms with Crippen molar-refractivity contribution in [1.29, 1.82) is 0 Å². The van der Waals surface area contributed by atoms with Crippen LogP contribution in [0.1, 0.15) is 38.5 Å². The summed E-state index contributed by atoms with van der Waals surface area (Å²) in [4.78, 5) is 5.27. The van der Waals surface area contributed by atoms with E-state index in [1.807, 2.05) is 13.8 Å². The molecule has 0 aliphatic carbocycles. The minimum absolute atomic E-state index is 0.316. The number of hydrogen-bond acceptors (Lipinski definition) is 3. The number of aliphatic hydroxyl groups is 1. The number of hydrogen-bond donors (Lipinski definition) is 1. The first-order valence-electron chi connectivity index (χ1n) is 6.33. The van der Waals surface area contributed by atoms with Crippen LogP contribution in [0.5, 0.6) is 0 Å². The average molecular weight is 276 g/mol. The second-order valence-corrected chi connectivity index (χ2v) is 4.40. The summed E-state index contributed by atoms with van der Waals surface area (Å²) in [5.74, 6) is 0. The monoisotopic (exact) mass is 276 g/mol. The quantitative estimate of drug-likeness (QED) is 0.866. The molecule has 1 heterocycles. The number of pyridine rings is 1. The lowest BCUT2D eigenvalue weighted by Gasteiger charge is -2.25. The highest BCUT2D eigenvalue weighted by molar-refractivity contribution is 5.45. The van der Waals surface area contributed by atoms with Gasteiger partial charge in [0.2, 0.25) is 0 Å². The molecule has 19 heavy (non-hydrogen) atoms. The Morgan fingerprint density at radius 2 is 2.00 bits per heavy atom. The molecule has 1 aromatic heterocycles. The summed E-state index contributed by atoms with van der Waals surface area (Å²) < 4.78 is 37.4. The van der Waals surface area contributed by atoms with Crippen molar-refractivity contribution in [2.45, 2.75) is 39.0 Å². The van der Waals surface area contributed by atoms with E-state index in [1.54, 1.807) is 12.1 Å². The number of halogens is 3. The maximum absolute atomic E-state index is 12.5. The molecular formula is C13H19F3N2O. The molecule has 0 aliphatic heterocycles. The lowest BCUT2D eigenvalue weighted by Crippen LogP contribution is -2.34. The highest BCUT2D eigenvalue weighted by Gasteiger charge is 2.30. The summed E-state index contributed by atoms with van der Waals surface area (Å²) in [5, 5.41) is 9.59. The van der Waals surface area contributed by atoms with E-state index in [-0.39, 0.29) is 0 Å². The van der Waals surface area contributed by atoms with Crippen LogP contribution in [0.15, 0.2) is 18.3 Å². The second kappa shape index (κ2) is 6.75. The summed E-state index contributed by atoms with van der Waals surface area (Å²) in [6.45, 7) is 2.97. The van der Waals surface area contributed by atoms with Gasteiger partial charge in [0.05, 0.1) is 23.7 Å². The Labute approximate surface area is 111 Å². The van der Waals surface area contributed by atoms with E-state index in [0.717, 1.165) is 0 Å². The number of aliphatic hydroxyl groups excluding tert-OH is 1. The van der Waals surface area contributed by atoms with Crippen LogP contribution in [-0.4, -0.2) is 29.4 Å². The third kappa shape index (κ3) is 5.06. The minimum atomic E-state index is -4.24. The van der Waals surface area contributed by atoms with Crippen molar-refractivity contribution in [3.63, 3.8) is 0 Å². The van der Waals surface area contributed by atoms with E-state index < -0.39 is 18.8 Å². The van der Waals surface area contributed by atoms with Gasteiger partial charge in [-0.25, -0.2) is 0 Å². The fourth-order valence-corrected chi connectivity index (χ4v) is 1.78. The van der Waals surface area contributed by atoms with Crippen molar-refractivity contribution < 1.29 is 18.3 Å². The van der Waals surface area contributed by atoms with Crippen LogP contribution in [-0.2, 0) is 0 Å². The van der Waals surface area contributed by atoms with Gasteiger partial charge in [0.15, 0.2) is 0 Å². The molecule has 0 amide bonds. The van der Waals surface area contributed by atoms with Crippen molar-refractivity contribution in [2.24, 2.45) is 0 Å². The SMILES string of the molecule is CCCN(CC(F)(F)F)c1ccc([C@H](O)CC)nc1. The first kappa shape index (κ1) is 15.8. The van der Waals surface area contributed by atoms with Crippen molar-refractivity contribution in [3.05, 3.63) is 24.0 Å². The predicted octanol–water partition coefficient (Wildman–Crippen LogP) is 3.30. The number of nitrogens with zero attached hydrogens (tertiary/aromatic N) is 2. The van der Waals surface area contributed by atoms with Gasteiger partial charge in [0.1, 0.15) is 6.54 Å². The molecule has 0 aliphatic rings. The van der Waals surface area contributed by atoms with E-state index in [4.69, 9.17) is 0 Å². The van der Waals surface area contributed by atoms with Crippen molar-refractivity contribution >= 4 is 5.69 Å². The molecule has 3 nitrogen and oxygen atoms in total. The second-order valence-electron chi connectivity index (χ2n) is 4.40. The molecule has 1 aromatic rings. The van der Waals surface area contributed by atoms with Gasteiger partial charge in [-0.2, -0.15) is 13.2 Å². The molecule has 1 N–H and O–H groups in total. The third-order valence-corrected chi connectivity index (χ3v) is 2.73. The van der Waals surface area contributed by atoms with Crippen LogP contribution in [0, 0.1) is 0 Å². The minimum Gasteiger partial charge on any atom is -0.387 e. The summed E-state index contributed by atoms with van der Waals surface area (Å²) in [6.07, 6.45) is -2.38. The molecular weight excluding hydrogens is 257 g/mol. The van der Waals surface area contributed by atoms with Crippen molar-refractivity contribution in [3.8, 4) is 0 Å².